The van der Waals surface area contributed by atoms with Gasteiger partial charge in [-0.25, -0.2) is 0 Å². The summed E-state index contributed by atoms with van der Waals surface area (Å²) in [6, 6.07) is -0.634. The van der Waals surface area contributed by atoms with Crippen LogP contribution < -0.4 is 5.32 Å². The van der Waals surface area contributed by atoms with E-state index >= 15 is 0 Å². The van der Waals surface area contributed by atoms with Crippen molar-refractivity contribution >= 4 is 5.91 Å². The second kappa shape index (κ2) is 50.2. The van der Waals surface area contributed by atoms with Crippen LogP contribution in [0.2, 0.25) is 0 Å². The molecule has 3 N–H and O–H groups in total. The third-order valence-corrected chi connectivity index (χ3v) is 12.4. The second-order valence-electron chi connectivity index (χ2n) is 18.3. The topological polar surface area (TPSA) is 69.6 Å². The number of aliphatic hydroxyl groups is 2. The van der Waals surface area contributed by atoms with Crippen LogP contribution in [0.5, 0.6) is 0 Å². The van der Waals surface area contributed by atoms with E-state index in [1.54, 1.807) is 6.08 Å². The van der Waals surface area contributed by atoms with Crippen LogP contribution in [0.15, 0.2) is 24.3 Å². The van der Waals surface area contributed by atoms with E-state index in [-0.39, 0.29) is 12.5 Å². The lowest BCUT2D eigenvalue weighted by molar-refractivity contribution is -0.123. The molecule has 0 aliphatic rings. The van der Waals surface area contributed by atoms with Gasteiger partial charge in [-0.1, -0.05) is 282 Å². The summed E-state index contributed by atoms with van der Waals surface area (Å²) in [5, 5.41) is 23.0. The fourth-order valence-corrected chi connectivity index (χ4v) is 8.37. The molecule has 0 bridgehead atoms. The predicted molar refractivity (Wildman–Crippen MR) is 258 cm³/mol. The van der Waals surface area contributed by atoms with Crippen LogP contribution in [0.25, 0.3) is 0 Å². The first-order valence-corrected chi connectivity index (χ1v) is 26.6. The normalized spacial score (nSPS) is 13.0. The Balaban J connectivity index is 3.36. The molecule has 0 saturated carbocycles. The summed E-state index contributed by atoms with van der Waals surface area (Å²) >= 11 is 0. The van der Waals surface area contributed by atoms with Crippen molar-refractivity contribution in [2.45, 2.75) is 309 Å². The molecule has 4 nitrogen and oxygen atoms in total. The molecule has 0 spiro atoms. The SMILES string of the molecule is CCCCCCC/C=C/CC/C=C/C(O)C(CO)NC(=O)CCCCCCCCCCCCCCCCCCCCCCCCCCCCCCCCCCCCC. The molecule has 0 radical (unpaired) electrons. The van der Waals surface area contributed by atoms with E-state index in [9.17, 15) is 15.0 Å². The number of rotatable bonds is 49. The van der Waals surface area contributed by atoms with Crippen molar-refractivity contribution in [1.82, 2.24) is 5.32 Å². The number of nitrogens with one attached hydrogen (secondary N) is 1. The van der Waals surface area contributed by atoms with Crippen molar-refractivity contribution in [2.75, 3.05) is 6.61 Å². The Kier molecular flexibility index (Phi) is 49.2. The minimum atomic E-state index is -0.857. The third kappa shape index (κ3) is 45.9. The number of allylic oxidation sites excluding steroid dienone is 3. The van der Waals surface area contributed by atoms with Gasteiger partial charge in [0, 0.05) is 6.42 Å². The maximum Gasteiger partial charge on any atom is 0.220 e. The fourth-order valence-electron chi connectivity index (χ4n) is 8.37. The van der Waals surface area contributed by atoms with Crippen LogP contribution in [-0.2, 0) is 4.79 Å². The van der Waals surface area contributed by atoms with Gasteiger partial charge in [0.2, 0.25) is 5.91 Å². The Morgan fingerprint density at radius 2 is 0.672 bits per heavy atom. The van der Waals surface area contributed by atoms with E-state index in [0.717, 1.165) is 32.1 Å². The Hall–Kier alpha value is -1.13. The third-order valence-electron chi connectivity index (χ3n) is 12.4. The molecule has 1 amide bonds. The lowest BCUT2D eigenvalue weighted by Crippen LogP contribution is -2.45. The Morgan fingerprint density at radius 3 is 1.00 bits per heavy atom. The van der Waals surface area contributed by atoms with Gasteiger partial charge in [0.05, 0.1) is 18.8 Å². The minimum absolute atomic E-state index is 0.0700. The number of unbranched alkanes of at least 4 members (excludes halogenated alkanes) is 40. The number of carbonyl (C=O) groups excluding carboxylic acids is 1. The molecule has 344 valence electrons. The summed E-state index contributed by atoms with van der Waals surface area (Å²) in [6.45, 7) is 4.29. The quantitative estimate of drug-likeness (QED) is 0.0423. The van der Waals surface area contributed by atoms with Crippen LogP contribution in [0.4, 0.5) is 0 Å². The van der Waals surface area contributed by atoms with E-state index in [1.165, 1.54) is 244 Å². The average molecular weight is 816 g/mol. The second-order valence-corrected chi connectivity index (χ2v) is 18.3. The summed E-state index contributed by atoms with van der Waals surface area (Å²) in [6.07, 6.45) is 66.4. The van der Waals surface area contributed by atoms with E-state index in [2.05, 4.69) is 31.3 Å². The fraction of sp³-hybridized carbons (Fsp3) is 0.907. The lowest BCUT2D eigenvalue weighted by atomic mass is 10.0. The first kappa shape index (κ1) is 56.9. The maximum absolute atomic E-state index is 12.4. The van der Waals surface area contributed by atoms with Gasteiger partial charge in [0.15, 0.2) is 0 Å². The number of amides is 1. The smallest absolute Gasteiger partial charge is 0.220 e. The van der Waals surface area contributed by atoms with Crippen molar-refractivity contribution in [3.63, 3.8) is 0 Å². The van der Waals surface area contributed by atoms with Gasteiger partial charge in [-0.3, -0.25) is 4.79 Å². The molecule has 0 aliphatic heterocycles. The Morgan fingerprint density at radius 1 is 0.397 bits per heavy atom. The van der Waals surface area contributed by atoms with Crippen molar-refractivity contribution in [2.24, 2.45) is 0 Å². The van der Waals surface area contributed by atoms with E-state index in [1.807, 2.05) is 6.08 Å². The van der Waals surface area contributed by atoms with E-state index in [0.29, 0.717) is 6.42 Å². The first-order valence-electron chi connectivity index (χ1n) is 26.6. The maximum atomic E-state index is 12.4. The summed E-state index contributed by atoms with van der Waals surface area (Å²) in [5.74, 6) is -0.0700. The van der Waals surface area contributed by atoms with Gasteiger partial charge in [-0.15, -0.1) is 0 Å². The molecule has 0 aromatic heterocycles. The summed E-state index contributed by atoms with van der Waals surface area (Å²) in [4.78, 5) is 12.4. The molecule has 2 atom stereocenters. The van der Waals surface area contributed by atoms with Crippen LogP contribution in [-0.4, -0.2) is 34.9 Å². The Labute approximate surface area is 364 Å². The molecule has 0 aromatic carbocycles. The highest BCUT2D eigenvalue weighted by Crippen LogP contribution is 2.17. The number of hydrogen-bond acceptors (Lipinski definition) is 3. The van der Waals surface area contributed by atoms with Crippen LogP contribution >= 0.6 is 0 Å². The zero-order chi connectivity index (χ0) is 42.1. The van der Waals surface area contributed by atoms with Crippen molar-refractivity contribution in [3.05, 3.63) is 24.3 Å². The highest BCUT2D eigenvalue weighted by Gasteiger charge is 2.18. The highest BCUT2D eigenvalue weighted by atomic mass is 16.3. The monoisotopic (exact) mass is 816 g/mol. The molecule has 0 saturated heterocycles. The summed E-state index contributed by atoms with van der Waals surface area (Å²) < 4.78 is 0. The molecule has 0 heterocycles. The number of aliphatic hydroxyl groups excluding tert-OH is 2. The molecule has 0 rings (SSSR count). The molecule has 2 unspecified atom stereocenters. The first-order chi connectivity index (χ1) is 28.7. The van der Waals surface area contributed by atoms with Gasteiger partial charge in [-0.05, 0) is 32.1 Å². The zero-order valence-electron chi connectivity index (χ0n) is 39.6. The summed E-state index contributed by atoms with van der Waals surface area (Å²) in [7, 11) is 0. The zero-order valence-corrected chi connectivity index (χ0v) is 39.6. The van der Waals surface area contributed by atoms with Gasteiger partial charge in [-0.2, -0.15) is 0 Å². The molecule has 0 fully saturated rings. The average Bonchev–Trinajstić information content (AvgIpc) is 3.23. The lowest BCUT2D eigenvalue weighted by Gasteiger charge is -2.19. The van der Waals surface area contributed by atoms with Gasteiger partial charge >= 0.3 is 0 Å². The minimum Gasteiger partial charge on any atom is -0.394 e. The Bertz CT molecular complexity index is 840. The standard InChI is InChI=1S/C54H105NO3/c1-3-5-7-9-11-13-15-16-17-18-19-20-21-22-23-24-25-26-27-28-29-30-31-32-33-34-35-36-37-38-40-42-44-46-48-50-54(58)55-52(51-56)53(57)49-47-45-43-41-39-14-12-10-8-6-4-2/h39,41,47,49,52-53,56-57H,3-38,40,42-46,48,50-51H2,1-2H3,(H,55,58)/b41-39+,49-47+. The van der Waals surface area contributed by atoms with Gasteiger partial charge in [0.25, 0.3) is 0 Å². The predicted octanol–water partition coefficient (Wildman–Crippen LogP) is 17.1. The largest absolute Gasteiger partial charge is 0.394 e. The summed E-state index contributed by atoms with van der Waals surface area (Å²) in [5.41, 5.74) is 0. The highest BCUT2D eigenvalue weighted by molar-refractivity contribution is 5.76. The van der Waals surface area contributed by atoms with Gasteiger partial charge in [0.1, 0.15) is 0 Å². The van der Waals surface area contributed by atoms with Crippen LogP contribution in [0.3, 0.4) is 0 Å². The molecular formula is C54H105NO3. The van der Waals surface area contributed by atoms with Crippen LogP contribution in [0.1, 0.15) is 296 Å². The molecule has 0 aromatic rings. The van der Waals surface area contributed by atoms with Gasteiger partial charge < -0.3 is 15.5 Å². The van der Waals surface area contributed by atoms with Crippen molar-refractivity contribution < 1.29 is 15.0 Å². The molecular weight excluding hydrogens is 711 g/mol. The molecule has 4 heteroatoms. The number of carbonyl (C=O) groups is 1. The van der Waals surface area contributed by atoms with E-state index < -0.39 is 12.1 Å². The molecule has 0 aliphatic carbocycles. The van der Waals surface area contributed by atoms with E-state index in [4.69, 9.17) is 0 Å². The van der Waals surface area contributed by atoms with Crippen molar-refractivity contribution in [3.8, 4) is 0 Å². The van der Waals surface area contributed by atoms with Crippen molar-refractivity contribution in [1.29, 1.82) is 0 Å². The molecule has 58 heavy (non-hydrogen) atoms. The number of hydrogen-bond donors (Lipinski definition) is 3. The van der Waals surface area contributed by atoms with Crippen LogP contribution in [0, 0.1) is 0 Å².